The number of anilines is 1. The molecule has 2 rings (SSSR count). The largest absolute Gasteiger partial charge is 0.535 e. The van der Waals surface area contributed by atoms with E-state index < -0.39 is 18.9 Å². The van der Waals surface area contributed by atoms with Crippen molar-refractivity contribution < 1.29 is 23.0 Å². The van der Waals surface area contributed by atoms with Crippen molar-refractivity contribution in [2.75, 3.05) is 30.9 Å². The van der Waals surface area contributed by atoms with Gasteiger partial charge in [0.05, 0.1) is 18.2 Å². The second-order valence-electron chi connectivity index (χ2n) is 8.12. The van der Waals surface area contributed by atoms with Crippen LogP contribution < -0.4 is 16.4 Å². The number of carbonyl (C=O) groups is 1. The van der Waals surface area contributed by atoms with Gasteiger partial charge in [-0.1, -0.05) is 56.2 Å². The first-order valence-corrected chi connectivity index (χ1v) is 12.7. The summed E-state index contributed by atoms with van der Waals surface area (Å²) in [6, 6.07) is 1.23. The minimum atomic E-state index is -3.82. The Kier molecular flexibility index (Phi) is 13.0. The Balaban J connectivity index is 2.01. The highest BCUT2D eigenvalue weighted by Crippen LogP contribution is 2.20. The van der Waals surface area contributed by atoms with E-state index in [2.05, 4.69) is 49.8 Å². The summed E-state index contributed by atoms with van der Waals surface area (Å²) in [5.41, 5.74) is 7.81. The number of nitrogens with zero attached hydrogens (tertiary/aromatic N) is 3. The SMILES string of the molecule is C=CC(=C)OC(F)(F)OC/C=C\CNc1ncc(C)c(-n2ccc(C(=O)NC(CN)/C(C=C)=C/C=C\CCl)c2)n1. The van der Waals surface area contributed by atoms with Gasteiger partial charge in [-0.2, -0.15) is 4.98 Å². The fraction of sp³-hybridized carbons (Fsp3) is 0.250. The van der Waals surface area contributed by atoms with Crippen molar-refractivity contribution in [1.29, 1.82) is 0 Å². The number of amides is 1. The minimum absolute atomic E-state index is 0.181. The summed E-state index contributed by atoms with van der Waals surface area (Å²) in [5.74, 6) is 0.603. The molecule has 214 valence electrons. The topological polar surface area (TPSA) is 116 Å². The summed E-state index contributed by atoms with van der Waals surface area (Å²) >= 11 is 5.66. The summed E-state index contributed by atoms with van der Waals surface area (Å²) in [4.78, 5) is 21.6. The van der Waals surface area contributed by atoms with Crippen LogP contribution in [0.25, 0.3) is 5.82 Å². The lowest BCUT2D eigenvalue weighted by Crippen LogP contribution is -2.41. The average molecular weight is 575 g/mol. The van der Waals surface area contributed by atoms with Gasteiger partial charge in [0.2, 0.25) is 5.95 Å². The molecule has 0 radical (unpaired) electrons. The van der Waals surface area contributed by atoms with Crippen molar-refractivity contribution in [3.63, 3.8) is 0 Å². The Labute approximate surface area is 237 Å². The number of alkyl halides is 3. The number of halogens is 3. The maximum atomic E-state index is 13.5. The number of aryl methyl sites for hydroxylation is 1. The third-order valence-electron chi connectivity index (χ3n) is 5.21. The zero-order chi connectivity index (χ0) is 29.5. The molecule has 2 aromatic heterocycles. The van der Waals surface area contributed by atoms with E-state index in [4.69, 9.17) is 17.3 Å². The van der Waals surface area contributed by atoms with Gasteiger partial charge in [-0.15, -0.1) is 20.4 Å². The van der Waals surface area contributed by atoms with E-state index in [1.165, 1.54) is 6.08 Å². The molecule has 0 fully saturated rings. The molecule has 0 aliphatic heterocycles. The second-order valence-corrected chi connectivity index (χ2v) is 8.43. The molecule has 2 aromatic rings. The highest BCUT2D eigenvalue weighted by Gasteiger charge is 2.33. The molecule has 0 bridgehead atoms. The van der Waals surface area contributed by atoms with Crippen LogP contribution in [0.3, 0.4) is 0 Å². The minimum Gasteiger partial charge on any atom is -0.410 e. The van der Waals surface area contributed by atoms with Crippen LogP contribution in [0.2, 0.25) is 0 Å². The summed E-state index contributed by atoms with van der Waals surface area (Å²) in [7, 11) is 0. The number of nitrogens with two attached hydrogens (primary N) is 1. The molecular weight excluding hydrogens is 542 g/mol. The lowest BCUT2D eigenvalue weighted by molar-refractivity contribution is -0.372. The number of ether oxygens (including phenoxy) is 2. The number of carbonyl (C=O) groups excluding carboxylic acids is 1. The van der Waals surface area contributed by atoms with Gasteiger partial charge in [-0.05, 0) is 24.6 Å². The number of hydrogen-bond donors (Lipinski definition) is 3. The number of nitrogens with one attached hydrogen (secondary N) is 2. The van der Waals surface area contributed by atoms with Gasteiger partial charge in [0, 0.05) is 43.1 Å². The van der Waals surface area contributed by atoms with Gasteiger partial charge in [0.15, 0.2) is 0 Å². The Bertz CT molecular complexity index is 1270. The first-order valence-electron chi connectivity index (χ1n) is 12.1. The lowest BCUT2D eigenvalue weighted by Gasteiger charge is -2.17. The first kappa shape index (κ1) is 32.2. The summed E-state index contributed by atoms with van der Waals surface area (Å²) < 4.78 is 37.2. The van der Waals surface area contributed by atoms with E-state index in [1.54, 1.807) is 59.6 Å². The molecule has 1 unspecified atom stereocenters. The standard InChI is InChI=1S/C28H33ClF2N6O3/c1-5-21(4)40-28(30,31)39-16-10-9-14-33-27-34-18-20(3)25(36-27)37-15-12-23(19-37)26(38)35-24(17-32)22(6-2)11-7-8-13-29/h5-12,15,18-19,24H,1-2,4,13-14,16-17,32H2,3H3,(H,35,38)(H,33,34,36)/b8-7-,10-9-,22-11+. The Hall–Kier alpha value is -4.06. The molecule has 9 nitrogen and oxygen atoms in total. The molecule has 12 heteroatoms. The predicted molar refractivity (Wildman–Crippen MR) is 153 cm³/mol. The highest BCUT2D eigenvalue weighted by atomic mass is 35.5. The van der Waals surface area contributed by atoms with Crippen molar-refractivity contribution in [3.8, 4) is 5.82 Å². The molecule has 0 saturated heterocycles. The van der Waals surface area contributed by atoms with Gasteiger partial charge in [0.25, 0.3) is 5.91 Å². The van der Waals surface area contributed by atoms with Crippen LogP contribution in [0.5, 0.6) is 0 Å². The quantitative estimate of drug-likeness (QED) is 0.0817. The van der Waals surface area contributed by atoms with Gasteiger partial charge >= 0.3 is 6.29 Å². The third kappa shape index (κ3) is 10.3. The number of allylic oxidation sites excluding steroid dienone is 4. The maximum absolute atomic E-state index is 13.5. The monoisotopic (exact) mass is 574 g/mol. The van der Waals surface area contributed by atoms with Gasteiger partial charge < -0.3 is 25.7 Å². The lowest BCUT2D eigenvalue weighted by atomic mass is 10.1. The van der Waals surface area contributed by atoms with E-state index in [-0.39, 0.29) is 24.8 Å². The van der Waals surface area contributed by atoms with Crippen LogP contribution in [0, 0.1) is 6.92 Å². The van der Waals surface area contributed by atoms with Crippen LogP contribution in [0.15, 0.2) is 98.3 Å². The average Bonchev–Trinajstić information content (AvgIpc) is 3.42. The van der Waals surface area contributed by atoms with Crippen LogP contribution in [-0.4, -0.2) is 58.4 Å². The summed E-state index contributed by atoms with van der Waals surface area (Å²) in [5, 5.41) is 5.89. The van der Waals surface area contributed by atoms with E-state index in [9.17, 15) is 13.6 Å². The van der Waals surface area contributed by atoms with Crippen LogP contribution in [0.1, 0.15) is 15.9 Å². The predicted octanol–water partition coefficient (Wildman–Crippen LogP) is 4.79. The van der Waals surface area contributed by atoms with Gasteiger partial charge in [0.1, 0.15) is 11.6 Å². The Morgan fingerprint density at radius 3 is 2.75 bits per heavy atom. The molecular formula is C28H33ClF2N6O3. The molecule has 1 atom stereocenters. The molecule has 0 aromatic carbocycles. The van der Waals surface area contributed by atoms with E-state index in [1.807, 2.05) is 6.92 Å². The molecule has 0 aliphatic rings. The molecule has 2 heterocycles. The zero-order valence-electron chi connectivity index (χ0n) is 22.2. The van der Waals surface area contributed by atoms with Crippen LogP contribution >= 0.6 is 11.6 Å². The zero-order valence-corrected chi connectivity index (χ0v) is 22.9. The number of rotatable bonds is 17. The smallest absolute Gasteiger partial charge is 0.410 e. The third-order valence-corrected chi connectivity index (χ3v) is 5.39. The Morgan fingerprint density at radius 1 is 1.30 bits per heavy atom. The van der Waals surface area contributed by atoms with Crippen molar-refractivity contribution in [3.05, 3.63) is 109 Å². The van der Waals surface area contributed by atoms with Crippen molar-refractivity contribution in [2.45, 2.75) is 19.3 Å². The summed E-state index contributed by atoms with van der Waals surface area (Å²) in [6.07, 6.45) is 12.1. The van der Waals surface area contributed by atoms with E-state index in [0.717, 1.165) is 17.2 Å². The van der Waals surface area contributed by atoms with Gasteiger partial charge in [-0.3, -0.25) is 9.53 Å². The van der Waals surface area contributed by atoms with Crippen LogP contribution in [0.4, 0.5) is 14.7 Å². The van der Waals surface area contributed by atoms with E-state index >= 15 is 0 Å². The summed E-state index contributed by atoms with van der Waals surface area (Å²) in [6.45, 7) is 12.2. The van der Waals surface area contributed by atoms with Crippen molar-refractivity contribution in [2.24, 2.45) is 5.73 Å². The molecule has 4 N–H and O–H groups in total. The molecule has 0 spiro atoms. The first-order chi connectivity index (χ1) is 19.1. The second kappa shape index (κ2) is 16.1. The van der Waals surface area contributed by atoms with Crippen molar-refractivity contribution >= 4 is 23.5 Å². The normalized spacial score (nSPS) is 12.9. The maximum Gasteiger partial charge on any atom is 0.535 e. The highest BCUT2D eigenvalue weighted by molar-refractivity contribution is 6.18. The fourth-order valence-corrected chi connectivity index (χ4v) is 3.29. The van der Waals surface area contributed by atoms with Crippen LogP contribution in [-0.2, 0) is 9.47 Å². The molecule has 0 saturated carbocycles. The number of aromatic nitrogens is 3. The number of hydrogen-bond acceptors (Lipinski definition) is 7. The van der Waals surface area contributed by atoms with Crippen molar-refractivity contribution in [1.82, 2.24) is 19.9 Å². The molecule has 1 amide bonds. The van der Waals surface area contributed by atoms with Gasteiger partial charge in [-0.25, -0.2) is 4.98 Å². The fourth-order valence-electron chi connectivity index (χ4n) is 3.19. The van der Waals surface area contributed by atoms with E-state index in [0.29, 0.717) is 23.2 Å². The Morgan fingerprint density at radius 2 is 2.08 bits per heavy atom. The molecule has 0 aliphatic carbocycles. The molecule has 40 heavy (non-hydrogen) atoms.